The summed E-state index contributed by atoms with van der Waals surface area (Å²) in [6.45, 7) is 12.9. The van der Waals surface area contributed by atoms with E-state index >= 15 is 0 Å². The molecule has 0 amide bonds. The Bertz CT molecular complexity index is 163. The van der Waals surface area contributed by atoms with Crippen molar-refractivity contribution in [2.24, 2.45) is 11.8 Å². The zero-order chi connectivity index (χ0) is 10.3. The van der Waals surface area contributed by atoms with Crippen LogP contribution in [-0.4, -0.2) is 0 Å². The molecule has 0 heteroatoms. The summed E-state index contributed by atoms with van der Waals surface area (Å²) in [6.07, 6.45) is 8.10. The standard InChI is InChI=1S/C13H24/c1-6-7-8-9-13(12(4)5)10-11(2)3/h7-8,12-13H,2,6,9-10H2,1,3-5H3/b8-7-. The van der Waals surface area contributed by atoms with E-state index < -0.39 is 0 Å². The summed E-state index contributed by atoms with van der Waals surface area (Å²) < 4.78 is 0. The van der Waals surface area contributed by atoms with Crippen LogP contribution in [0.1, 0.15) is 47.0 Å². The van der Waals surface area contributed by atoms with Crippen LogP contribution in [0.5, 0.6) is 0 Å². The van der Waals surface area contributed by atoms with Crippen LogP contribution in [0.3, 0.4) is 0 Å². The minimum absolute atomic E-state index is 0.762. The van der Waals surface area contributed by atoms with Crippen molar-refractivity contribution in [3.63, 3.8) is 0 Å². The van der Waals surface area contributed by atoms with E-state index in [1.807, 2.05) is 0 Å². The third kappa shape index (κ3) is 6.62. The number of hydrogen-bond donors (Lipinski definition) is 0. The Morgan fingerprint density at radius 1 is 1.31 bits per heavy atom. The van der Waals surface area contributed by atoms with Crippen LogP contribution in [-0.2, 0) is 0 Å². The van der Waals surface area contributed by atoms with Crippen LogP contribution in [0.4, 0.5) is 0 Å². The van der Waals surface area contributed by atoms with E-state index in [-0.39, 0.29) is 0 Å². The molecule has 0 aliphatic carbocycles. The lowest BCUT2D eigenvalue weighted by molar-refractivity contribution is 0.385. The lowest BCUT2D eigenvalue weighted by Gasteiger charge is -2.19. The van der Waals surface area contributed by atoms with E-state index in [2.05, 4.69) is 46.4 Å². The second kappa shape index (κ2) is 6.94. The first-order valence-electron chi connectivity index (χ1n) is 5.37. The molecule has 0 fully saturated rings. The van der Waals surface area contributed by atoms with E-state index in [1.165, 1.54) is 18.4 Å². The fourth-order valence-corrected chi connectivity index (χ4v) is 1.48. The summed E-state index contributed by atoms with van der Waals surface area (Å²) in [5, 5.41) is 0. The molecule has 0 aromatic rings. The molecule has 13 heavy (non-hydrogen) atoms. The van der Waals surface area contributed by atoms with Crippen LogP contribution < -0.4 is 0 Å². The van der Waals surface area contributed by atoms with Gasteiger partial charge in [0.2, 0.25) is 0 Å². The molecule has 0 saturated heterocycles. The third-order valence-electron chi connectivity index (χ3n) is 2.39. The fourth-order valence-electron chi connectivity index (χ4n) is 1.48. The molecule has 0 radical (unpaired) electrons. The van der Waals surface area contributed by atoms with Crippen molar-refractivity contribution in [2.45, 2.75) is 47.0 Å². The van der Waals surface area contributed by atoms with Crippen molar-refractivity contribution in [3.05, 3.63) is 24.3 Å². The van der Waals surface area contributed by atoms with Gasteiger partial charge in [0.15, 0.2) is 0 Å². The zero-order valence-corrected chi connectivity index (χ0v) is 9.64. The first-order valence-corrected chi connectivity index (χ1v) is 5.37. The van der Waals surface area contributed by atoms with E-state index in [9.17, 15) is 0 Å². The molecule has 0 aliphatic rings. The Kier molecular flexibility index (Phi) is 6.66. The molecule has 0 aromatic carbocycles. The molecule has 0 N–H and O–H groups in total. The molecule has 76 valence electrons. The molecule has 0 heterocycles. The van der Waals surface area contributed by atoms with Crippen LogP contribution in [0.15, 0.2) is 24.3 Å². The van der Waals surface area contributed by atoms with Gasteiger partial charge in [-0.25, -0.2) is 0 Å². The monoisotopic (exact) mass is 180 g/mol. The van der Waals surface area contributed by atoms with Gasteiger partial charge in [-0.1, -0.05) is 38.5 Å². The highest BCUT2D eigenvalue weighted by Gasteiger charge is 2.11. The third-order valence-corrected chi connectivity index (χ3v) is 2.39. The van der Waals surface area contributed by atoms with E-state index in [0.29, 0.717) is 0 Å². The second-order valence-corrected chi connectivity index (χ2v) is 4.28. The highest BCUT2D eigenvalue weighted by Crippen LogP contribution is 2.23. The average Bonchev–Trinajstić information content (AvgIpc) is 2.02. The van der Waals surface area contributed by atoms with Crippen molar-refractivity contribution in [3.8, 4) is 0 Å². The van der Waals surface area contributed by atoms with Gasteiger partial charge < -0.3 is 0 Å². The van der Waals surface area contributed by atoms with E-state index in [4.69, 9.17) is 0 Å². The molecule has 0 bridgehead atoms. The summed E-state index contributed by atoms with van der Waals surface area (Å²) in [7, 11) is 0. The van der Waals surface area contributed by atoms with Gasteiger partial charge in [-0.05, 0) is 38.0 Å². The minimum Gasteiger partial charge on any atom is -0.100 e. The highest BCUT2D eigenvalue weighted by molar-refractivity contribution is 4.94. The molecule has 1 unspecified atom stereocenters. The number of allylic oxidation sites excluding steroid dienone is 3. The average molecular weight is 180 g/mol. The summed E-state index contributed by atoms with van der Waals surface area (Å²) in [6, 6.07) is 0. The SMILES string of the molecule is C=C(C)CC(C/C=C\CC)C(C)C. The molecule has 0 saturated carbocycles. The molecule has 0 aromatic heterocycles. The van der Waals surface area contributed by atoms with Crippen molar-refractivity contribution in [1.29, 1.82) is 0 Å². The van der Waals surface area contributed by atoms with Gasteiger partial charge in [0.1, 0.15) is 0 Å². The van der Waals surface area contributed by atoms with Gasteiger partial charge in [0.25, 0.3) is 0 Å². The Morgan fingerprint density at radius 3 is 2.31 bits per heavy atom. The zero-order valence-electron chi connectivity index (χ0n) is 9.64. The van der Waals surface area contributed by atoms with Gasteiger partial charge >= 0.3 is 0 Å². The second-order valence-electron chi connectivity index (χ2n) is 4.28. The molecule has 0 aliphatic heterocycles. The summed E-state index contributed by atoms with van der Waals surface area (Å²) >= 11 is 0. The molecule has 0 spiro atoms. The van der Waals surface area contributed by atoms with Crippen LogP contribution in [0, 0.1) is 11.8 Å². The lowest BCUT2D eigenvalue weighted by atomic mass is 9.87. The maximum absolute atomic E-state index is 3.98. The van der Waals surface area contributed by atoms with Gasteiger partial charge in [0.05, 0.1) is 0 Å². The topological polar surface area (TPSA) is 0 Å². The molecular weight excluding hydrogens is 156 g/mol. The first-order chi connectivity index (χ1) is 6.07. The molecule has 0 rings (SSSR count). The van der Waals surface area contributed by atoms with E-state index in [1.54, 1.807) is 0 Å². The van der Waals surface area contributed by atoms with Crippen LogP contribution in [0.25, 0.3) is 0 Å². The smallest absolute Gasteiger partial charge is 0.0292 e. The summed E-state index contributed by atoms with van der Waals surface area (Å²) in [5.41, 5.74) is 1.31. The van der Waals surface area contributed by atoms with Gasteiger partial charge in [0, 0.05) is 0 Å². The molecular formula is C13H24. The maximum Gasteiger partial charge on any atom is -0.0292 e. The van der Waals surface area contributed by atoms with Gasteiger partial charge in [-0.2, -0.15) is 0 Å². The predicted molar refractivity (Wildman–Crippen MR) is 61.8 cm³/mol. The van der Waals surface area contributed by atoms with Crippen molar-refractivity contribution in [2.75, 3.05) is 0 Å². The largest absolute Gasteiger partial charge is 0.100 e. The number of hydrogen-bond acceptors (Lipinski definition) is 0. The molecule has 0 nitrogen and oxygen atoms in total. The van der Waals surface area contributed by atoms with E-state index in [0.717, 1.165) is 18.3 Å². The predicted octanol–water partition coefficient (Wildman–Crippen LogP) is 4.58. The van der Waals surface area contributed by atoms with Crippen LogP contribution in [0.2, 0.25) is 0 Å². The lowest BCUT2D eigenvalue weighted by Crippen LogP contribution is -2.07. The normalized spacial score (nSPS) is 13.9. The Labute approximate surface area is 83.7 Å². The van der Waals surface area contributed by atoms with Gasteiger partial charge in [-0.15, -0.1) is 6.58 Å². The Balaban J connectivity index is 3.94. The van der Waals surface area contributed by atoms with Crippen molar-refractivity contribution < 1.29 is 0 Å². The molecule has 1 atom stereocenters. The highest BCUT2D eigenvalue weighted by atomic mass is 14.2. The van der Waals surface area contributed by atoms with Crippen LogP contribution >= 0.6 is 0 Å². The summed E-state index contributed by atoms with van der Waals surface area (Å²) in [4.78, 5) is 0. The quantitative estimate of drug-likeness (QED) is 0.525. The minimum atomic E-state index is 0.762. The maximum atomic E-state index is 3.98. The Morgan fingerprint density at radius 2 is 1.92 bits per heavy atom. The number of rotatable bonds is 6. The van der Waals surface area contributed by atoms with Gasteiger partial charge in [-0.3, -0.25) is 0 Å². The van der Waals surface area contributed by atoms with Crippen molar-refractivity contribution in [1.82, 2.24) is 0 Å². The Hall–Kier alpha value is -0.520. The fraction of sp³-hybridized carbons (Fsp3) is 0.692. The van der Waals surface area contributed by atoms with Crippen molar-refractivity contribution >= 4 is 0 Å². The first kappa shape index (κ1) is 12.5. The summed E-state index contributed by atoms with van der Waals surface area (Å²) in [5.74, 6) is 1.54.